The van der Waals surface area contributed by atoms with Crippen molar-refractivity contribution in [3.8, 4) is 0 Å². The fourth-order valence-corrected chi connectivity index (χ4v) is 6.68. The van der Waals surface area contributed by atoms with E-state index in [-0.39, 0.29) is 11.9 Å². The van der Waals surface area contributed by atoms with E-state index >= 15 is 0 Å². The molecule has 0 fully saturated rings. The van der Waals surface area contributed by atoms with Gasteiger partial charge in [0.2, 0.25) is 11.1 Å². The van der Waals surface area contributed by atoms with Gasteiger partial charge in [0.15, 0.2) is 5.65 Å². The monoisotopic (exact) mass is 523 g/mol. The first-order valence-corrected chi connectivity index (χ1v) is 14.1. The number of hydrogen-bond donors (Lipinski definition) is 1. The summed E-state index contributed by atoms with van der Waals surface area (Å²) < 4.78 is 7.47. The van der Waals surface area contributed by atoms with Crippen LogP contribution in [0.15, 0.2) is 29.4 Å². The second-order valence-electron chi connectivity index (χ2n) is 8.82. The SMILES string of the molecule is CCCn1c2ccccc2c2nnc(SC(C)C(=O)Nc3sc4c(c3C(=O)OCC)CCCC4)nc21. The largest absolute Gasteiger partial charge is 0.462 e. The summed E-state index contributed by atoms with van der Waals surface area (Å²) in [4.78, 5) is 31.9. The molecule has 0 spiro atoms. The number of nitrogens with one attached hydrogen (secondary N) is 1. The minimum Gasteiger partial charge on any atom is -0.462 e. The fraction of sp³-hybridized carbons (Fsp3) is 0.423. The van der Waals surface area contributed by atoms with Gasteiger partial charge in [-0.2, -0.15) is 0 Å². The highest BCUT2D eigenvalue weighted by atomic mass is 32.2. The number of thioether (sulfide) groups is 1. The minimum absolute atomic E-state index is 0.207. The van der Waals surface area contributed by atoms with Crippen molar-refractivity contribution < 1.29 is 14.3 Å². The van der Waals surface area contributed by atoms with E-state index in [2.05, 4.69) is 33.1 Å². The van der Waals surface area contributed by atoms with Crippen LogP contribution in [0.4, 0.5) is 5.00 Å². The first-order chi connectivity index (χ1) is 17.5. The second-order valence-corrected chi connectivity index (χ2v) is 11.2. The van der Waals surface area contributed by atoms with Crippen LogP contribution >= 0.6 is 23.1 Å². The van der Waals surface area contributed by atoms with Gasteiger partial charge in [-0.3, -0.25) is 4.79 Å². The lowest BCUT2D eigenvalue weighted by Gasteiger charge is -2.13. The predicted octanol–water partition coefficient (Wildman–Crippen LogP) is 5.63. The number of aryl methyl sites for hydroxylation is 2. The summed E-state index contributed by atoms with van der Waals surface area (Å²) in [5.74, 6) is -0.573. The minimum atomic E-state index is -0.484. The van der Waals surface area contributed by atoms with Gasteiger partial charge in [-0.25, -0.2) is 9.78 Å². The van der Waals surface area contributed by atoms with Gasteiger partial charge in [-0.1, -0.05) is 36.9 Å². The maximum Gasteiger partial charge on any atom is 0.341 e. The van der Waals surface area contributed by atoms with Crippen molar-refractivity contribution in [2.24, 2.45) is 0 Å². The van der Waals surface area contributed by atoms with Crippen molar-refractivity contribution in [3.63, 3.8) is 0 Å². The van der Waals surface area contributed by atoms with E-state index in [1.165, 1.54) is 28.0 Å². The molecule has 0 aliphatic heterocycles. The number of anilines is 1. The number of fused-ring (bicyclic) bond motifs is 4. The Kier molecular flexibility index (Phi) is 7.25. The van der Waals surface area contributed by atoms with Crippen LogP contribution < -0.4 is 5.32 Å². The molecule has 8 nitrogen and oxygen atoms in total. The van der Waals surface area contributed by atoms with Crippen LogP contribution in [-0.2, 0) is 28.9 Å². The maximum atomic E-state index is 13.2. The number of esters is 1. The van der Waals surface area contributed by atoms with Gasteiger partial charge in [0, 0.05) is 16.8 Å². The summed E-state index contributed by atoms with van der Waals surface area (Å²) in [5.41, 5.74) is 4.17. The summed E-state index contributed by atoms with van der Waals surface area (Å²) in [7, 11) is 0. The average molecular weight is 524 g/mol. The van der Waals surface area contributed by atoms with E-state index in [1.54, 1.807) is 6.92 Å². The van der Waals surface area contributed by atoms with Gasteiger partial charge in [0.05, 0.1) is 22.9 Å². The smallest absolute Gasteiger partial charge is 0.341 e. The number of para-hydroxylation sites is 1. The Morgan fingerprint density at radius 3 is 2.81 bits per heavy atom. The fourth-order valence-electron chi connectivity index (χ4n) is 4.69. The van der Waals surface area contributed by atoms with Crippen molar-refractivity contribution in [3.05, 3.63) is 40.3 Å². The molecule has 0 radical (unpaired) electrons. The topological polar surface area (TPSA) is 99.0 Å². The molecular weight excluding hydrogens is 494 g/mol. The van der Waals surface area contributed by atoms with Crippen LogP contribution in [0.3, 0.4) is 0 Å². The van der Waals surface area contributed by atoms with Crippen molar-refractivity contribution in [2.45, 2.75) is 69.8 Å². The Balaban J connectivity index is 1.39. The second kappa shape index (κ2) is 10.6. The number of benzene rings is 1. The highest BCUT2D eigenvalue weighted by Gasteiger charge is 2.28. The van der Waals surface area contributed by atoms with Crippen molar-refractivity contribution in [1.82, 2.24) is 19.7 Å². The molecule has 3 heterocycles. The molecule has 1 atom stereocenters. The summed E-state index contributed by atoms with van der Waals surface area (Å²) in [6.07, 6.45) is 4.87. The first kappa shape index (κ1) is 24.7. The molecular formula is C26H29N5O3S2. The summed E-state index contributed by atoms with van der Waals surface area (Å²) in [6, 6.07) is 8.10. The number of carbonyl (C=O) groups excluding carboxylic acids is 2. The Bertz CT molecular complexity index is 1440. The van der Waals surface area contributed by atoms with Crippen LogP contribution in [0, 0.1) is 0 Å². The third kappa shape index (κ3) is 4.59. The molecule has 1 amide bonds. The number of thiophene rings is 1. The van der Waals surface area contributed by atoms with Crippen molar-refractivity contribution >= 4 is 62.0 Å². The quantitative estimate of drug-likeness (QED) is 0.236. The van der Waals surface area contributed by atoms with E-state index < -0.39 is 5.25 Å². The number of carbonyl (C=O) groups is 2. The van der Waals surface area contributed by atoms with Gasteiger partial charge in [-0.15, -0.1) is 21.5 Å². The van der Waals surface area contributed by atoms with E-state index in [1.807, 2.05) is 25.1 Å². The molecule has 36 heavy (non-hydrogen) atoms. The number of amides is 1. The standard InChI is InChI=1S/C26H29N5O3S2/c1-4-14-31-18-12-8-6-10-16(18)21-22(31)27-26(30-29-21)35-15(3)23(32)28-24-20(25(33)34-5-2)17-11-7-9-13-19(17)36-24/h6,8,10,12,15H,4-5,7,9,11,13-14H2,1-3H3,(H,28,32). The maximum absolute atomic E-state index is 13.2. The molecule has 5 rings (SSSR count). The summed E-state index contributed by atoms with van der Waals surface area (Å²) in [6.45, 7) is 6.85. The summed E-state index contributed by atoms with van der Waals surface area (Å²) >= 11 is 2.75. The van der Waals surface area contributed by atoms with Crippen molar-refractivity contribution in [1.29, 1.82) is 0 Å². The van der Waals surface area contributed by atoms with Gasteiger partial charge in [-0.05, 0) is 57.6 Å². The molecule has 1 aromatic carbocycles. The Labute approximate surface area is 217 Å². The normalized spacial score (nSPS) is 14.1. The van der Waals surface area contributed by atoms with Crippen LogP contribution in [-0.4, -0.2) is 43.5 Å². The Morgan fingerprint density at radius 2 is 2.00 bits per heavy atom. The summed E-state index contributed by atoms with van der Waals surface area (Å²) in [5, 5.41) is 13.3. The highest BCUT2D eigenvalue weighted by molar-refractivity contribution is 8.00. The third-order valence-corrected chi connectivity index (χ3v) is 8.50. The third-order valence-electron chi connectivity index (χ3n) is 6.34. The van der Waals surface area contributed by atoms with Crippen molar-refractivity contribution in [2.75, 3.05) is 11.9 Å². The molecule has 10 heteroatoms. The number of ether oxygens (including phenoxy) is 1. The predicted molar refractivity (Wildman–Crippen MR) is 144 cm³/mol. The van der Waals surface area contributed by atoms with E-state index in [4.69, 9.17) is 9.72 Å². The van der Waals surface area contributed by atoms with Crippen LogP contribution in [0.1, 0.15) is 60.8 Å². The number of aromatic nitrogens is 4. The molecule has 0 saturated heterocycles. The van der Waals surface area contributed by atoms with E-state index in [0.29, 0.717) is 22.3 Å². The zero-order valence-corrected chi connectivity index (χ0v) is 22.3. The lowest BCUT2D eigenvalue weighted by atomic mass is 9.95. The van der Waals surface area contributed by atoms with E-state index in [9.17, 15) is 9.59 Å². The first-order valence-electron chi connectivity index (χ1n) is 12.4. The number of rotatable bonds is 8. The zero-order chi connectivity index (χ0) is 25.2. The molecule has 4 aromatic rings. The lowest BCUT2D eigenvalue weighted by Crippen LogP contribution is -2.23. The van der Waals surface area contributed by atoms with Crippen LogP contribution in [0.25, 0.3) is 22.1 Å². The molecule has 188 valence electrons. The van der Waals surface area contributed by atoms with Crippen LogP contribution in [0.2, 0.25) is 0 Å². The molecule has 0 saturated carbocycles. The van der Waals surface area contributed by atoms with Gasteiger partial charge in [0.1, 0.15) is 10.5 Å². The number of hydrogen-bond acceptors (Lipinski definition) is 8. The number of nitrogens with zero attached hydrogens (tertiary/aromatic N) is 4. The average Bonchev–Trinajstić information content (AvgIpc) is 3.39. The highest BCUT2D eigenvalue weighted by Crippen LogP contribution is 2.39. The van der Waals surface area contributed by atoms with Gasteiger partial charge in [0.25, 0.3) is 0 Å². The molecule has 1 aliphatic rings. The van der Waals surface area contributed by atoms with E-state index in [0.717, 1.165) is 66.3 Å². The molecule has 1 aliphatic carbocycles. The van der Waals surface area contributed by atoms with Gasteiger partial charge < -0.3 is 14.6 Å². The molecule has 0 bridgehead atoms. The van der Waals surface area contributed by atoms with Crippen LogP contribution in [0.5, 0.6) is 0 Å². The Morgan fingerprint density at radius 1 is 1.19 bits per heavy atom. The van der Waals surface area contributed by atoms with Gasteiger partial charge >= 0.3 is 5.97 Å². The molecule has 3 aromatic heterocycles. The zero-order valence-electron chi connectivity index (χ0n) is 20.7. The molecule has 1 N–H and O–H groups in total. The lowest BCUT2D eigenvalue weighted by molar-refractivity contribution is -0.115. The molecule has 1 unspecified atom stereocenters. The Hall–Kier alpha value is -2.98.